The topological polar surface area (TPSA) is 37.9 Å². The molecule has 5 nitrogen and oxygen atoms in total. The maximum absolute atomic E-state index is 4.81. The summed E-state index contributed by atoms with van der Waals surface area (Å²) in [6.45, 7) is 7.49. The molecule has 0 spiro atoms. The molecule has 3 heterocycles. The van der Waals surface area contributed by atoms with Crippen molar-refractivity contribution in [1.29, 1.82) is 0 Å². The van der Waals surface area contributed by atoms with Crippen molar-refractivity contribution in [3.63, 3.8) is 0 Å². The van der Waals surface area contributed by atoms with Gasteiger partial charge in [-0.25, -0.2) is 4.98 Å². The maximum Gasteiger partial charge on any atom is 0.165 e. The van der Waals surface area contributed by atoms with Crippen LogP contribution in [0, 0.1) is 6.92 Å². The minimum absolute atomic E-state index is 0.935. The number of nitrogens with zero attached hydrogens (tertiary/aromatic N) is 4. The Balaban J connectivity index is 1.39. The van der Waals surface area contributed by atoms with Gasteiger partial charge in [0, 0.05) is 22.9 Å². The third kappa shape index (κ3) is 3.61. The second-order valence-corrected chi connectivity index (χ2v) is 7.81. The standard InChI is InChI=1S/C24H25N5/c1-19-16-23(28-14-12-27(13-15-28)18-20-8-4-2-5-9-20)29-24(26-19)22(17-25-29)21-10-6-3-7-11-21/h2-11,16-17H,12-15,18H2,1H3/p+1. The van der Waals surface area contributed by atoms with E-state index in [1.807, 2.05) is 16.8 Å². The lowest BCUT2D eigenvalue weighted by molar-refractivity contribution is -0.914. The molecule has 0 radical (unpaired) electrons. The summed E-state index contributed by atoms with van der Waals surface area (Å²) in [6.07, 6.45) is 1.94. The van der Waals surface area contributed by atoms with Crippen LogP contribution in [0.4, 0.5) is 5.82 Å². The van der Waals surface area contributed by atoms with Crippen molar-refractivity contribution in [3.05, 3.63) is 84.2 Å². The molecule has 146 valence electrons. The fraction of sp³-hybridized carbons (Fsp3) is 0.250. The molecule has 1 aliphatic rings. The van der Waals surface area contributed by atoms with E-state index in [0.717, 1.165) is 61.0 Å². The number of aromatic nitrogens is 3. The van der Waals surface area contributed by atoms with Gasteiger partial charge in [-0.1, -0.05) is 60.7 Å². The smallest absolute Gasteiger partial charge is 0.165 e. The molecule has 0 bridgehead atoms. The molecule has 1 N–H and O–H groups in total. The number of fused-ring (bicyclic) bond motifs is 1. The number of hydrogen-bond donors (Lipinski definition) is 1. The van der Waals surface area contributed by atoms with Gasteiger partial charge in [-0.05, 0) is 12.5 Å². The highest BCUT2D eigenvalue weighted by Gasteiger charge is 2.23. The van der Waals surface area contributed by atoms with E-state index < -0.39 is 0 Å². The van der Waals surface area contributed by atoms with Gasteiger partial charge < -0.3 is 9.80 Å². The quantitative estimate of drug-likeness (QED) is 0.588. The van der Waals surface area contributed by atoms with Crippen LogP contribution in [0.2, 0.25) is 0 Å². The van der Waals surface area contributed by atoms with Crippen LogP contribution in [0.1, 0.15) is 11.3 Å². The lowest BCUT2D eigenvalue weighted by Crippen LogP contribution is -3.13. The van der Waals surface area contributed by atoms with E-state index in [1.54, 1.807) is 4.90 Å². The van der Waals surface area contributed by atoms with Crippen LogP contribution in [-0.4, -0.2) is 40.8 Å². The first-order valence-corrected chi connectivity index (χ1v) is 10.3. The normalized spacial score (nSPS) is 15.1. The van der Waals surface area contributed by atoms with E-state index in [0.29, 0.717) is 0 Å². The zero-order valence-corrected chi connectivity index (χ0v) is 16.8. The van der Waals surface area contributed by atoms with Gasteiger partial charge in [-0.3, -0.25) is 0 Å². The van der Waals surface area contributed by atoms with Crippen LogP contribution in [0.3, 0.4) is 0 Å². The molecule has 0 amide bonds. The predicted octanol–water partition coefficient (Wildman–Crippen LogP) is 2.61. The summed E-state index contributed by atoms with van der Waals surface area (Å²) in [4.78, 5) is 8.90. The van der Waals surface area contributed by atoms with E-state index in [9.17, 15) is 0 Å². The highest BCUT2D eigenvalue weighted by molar-refractivity contribution is 5.78. The van der Waals surface area contributed by atoms with Crippen molar-refractivity contribution in [3.8, 4) is 11.1 Å². The van der Waals surface area contributed by atoms with Gasteiger partial charge in [0.15, 0.2) is 5.65 Å². The molecule has 4 aromatic rings. The van der Waals surface area contributed by atoms with E-state index in [-0.39, 0.29) is 0 Å². The van der Waals surface area contributed by atoms with E-state index >= 15 is 0 Å². The van der Waals surface area contributed by atoms with E-state index in [4.69, 9.17) is 10.1 Å². The Morgan fingerprint density at radius 1 is 0.931 bits per heavy atom. The van der Waals surface area contributed by atoms with Crippen molar-refractivity contribution in [2.24, 2.45) is 0 Å². The van der Waals surface area contributed by atoms with E-state index in [1.165, 1.54) is 5.56 Å². The van der Waals surface area contributed by atoms with E-state index in [2.05, 4.69) is 72.5 Å². The monoisotopic (exact) mass is 384 g/mol. The molecule has 0 aliphatic carbocycles. The molecular formula is C24H26N5+. The van der Waals surface area contributed by atoms with Crippen molar-refractivity contribution in [1.82, 2.24) is 14.6 Å². The number of anilines is 1. The first-order valence-electron chi connectivity index (χ1n) is 10.3. The maximum atomic E-state index is 4.81. The summed E-state index contributed by atoms with van der Waals surface area (Å²) in [5, 5.41) is 4.70. The van der Waals surface area contributed by atoms with Crippen LogP contribution in [0.15, 0.2) is 72.9 Å². The van der Waals surface area contributed by atoms with Crippen molar-refractivity contribution < 1.29 is 4.90 Å². The number of piperazine rings is 1. The molecule has 0 saturated carbocycles. The SMILES string of the molecule is Cc1cc(N2CC[NH+](Cc3ccccc3)CC2)n2ncc(-c3ccccc3)c2n1. The minimum Gasteiger partial charge on any atom is -0.345 e. The molecule has 29 heavy (non-hydrogen) atoms. The summed E-state index contributed by atoms with van der Waals surface area (Å²) in [5.41, 5.74) is 5.62. The third-order valence-electron chi connectivity index (χ3n) is 5.76. The first-order chi connectivity index (χ1) is 14.3. The van der Waals surface area contributed by atoms with Crippen molar-refractivity contribution in [2.45, 2.75) is 13.5 Å². The molecule has 0 unspecified atom stereocenters. The predicted molar refractivity (Wildman–Crippen MR) is 116 cm³/mol. The van der Waals surface area contributed by atoms with Crippen LogP contribution in [0.5, 0.6) is 0 Å². The Kier molecular flexibility index (Phi) is 4.74. The largest absolute Gasteiger partial charge is 0.345 e. The molecule has 2 aromatic carbocycles. The molecule has 5 heteroatoms. The van der Waals surface area contributed by atoms with Crippen LogP contribution in [0.25, 0.3) is 16.8 Å². The molecule has 1 saturated heterocycles. The number of benzene rings is 2. The summed E-state index contributed by atoms with van der Waals surface area (Å²) in [6, 6.07) is 23.4. The van der Waals surface area contributed by atoms with Crippen LogP contribution < -0.4 is 9.80 Å². The van der Waals surface area contributed by atoms with Gasteiger partial charge in [-0.2, -0.15) is 9.61 Å². The summed E-state index contributed by atoms with van der Waals surface area (Å²) in [7, 11) is 0. The fourth-order valence-electron chi connectivity index (χ4n) is 4.22. The second-order valence-electron chi connectivity index (χ2n) is 7.81. The van der Waals surface area contributed by atoms with Gasteiger partial charge in [0.2, 0.25) is 0 Å². The minimum atomic E-state index is 0.935. The van der Waals surface area contributed by atoms with Crippen molar-refractivity contribution >= 4 is 11.5 Å². The number of nitrogens with one attached hydrogen (secondary N) is 1. The zero-order chi connectivity index (χ0) is 19.6. The number of rotatable bonds is 4. The number of quaternary nitrogens is 1. The van der Waals surface area contributed by atoms with Gasteiger partial charge in [-0.15, -0.1) is 0 Å². The summed E-state index contributed by atoms with van der Waals surface area (Å²) >= 11 is 0. The lowest BCUT2D eigenvalue weighted by atomic mass is 10.1. The molecular weight excluding hydrogens is 358 g/mol. The number of hydrogen-bond acceptors (Lipinski definition) is 3. The van der Waals surface area contributed by atoms with Gasteiger partial charge in [0.05, 0.1) is 32.4 Å². The van der Waals surface area contributed by atoms with Gasteiger partial charge in [0.1, 0.15) is 12.4 Å². The lowest BCUT2D eigenvalue weighted by Gasteiger charge is -2.33. The molecule has 1 fully saturated rings. The molecule has 2 aromatic heterocycles. The Morgan fingerprint density at radius 2 is 1.62 bits per heavy atom. The zero-order valence-electron chi connectivity index (χ0n) is 16.8. The average molecular weight is 385 g/mol. The molecule has 5 rings (SSSR count). The highest BCUT2D eigenvalue weighted by Crippen LogP contribution is 2.26. The average Bonchev–Trinajstić information content (AvgIpc) is 3.19. The third-order valence-corrected chi connectivity index (χ3v) is 5.76. The molecule has 0 atom stereocenters. The summed E-state index contributed by atoms with van der Waals surface area (Å²) < 4.78 is 2.01. The summed E-state index contributed by atoms with van der Waals surface area (Å²) in [5.74, 6) is 1.15. The fourth-order valence-corrected chi connectivity index (χ4v) is 4.22. The van der Waals surface area contributed by atoms with Crippen LogP contribution in [-0.2, 0) is 6.54 Å². The number of aryl methyl sites for hydroxylation is 1. The Morgan fingerprint density at radius 3 is 2.34 bits per heavy atom. The highest BCUT2D eigenvalue weighted by atomic mass is 15.4. The second kappa shape index (κ2) is 7.68. The molecule has 1 aliphatic heterocycles. The van der Waals surface area contributed by atoms with Gasteiger partial charge in [0.25, 0.3) is 0 Å². The van der Waals surface area contributed by atoms with Crippen LogP contribution >= 0.6 is 0 Å². The Bertz CT molecular complexity index is 1100. The van der Waals surface area contributed by atoms with Gasteiger partial charge >= 0.3 is 0 Å². The Labute approximate surface area is 171 Å². The Hall–Kier alpha value is -3.18. The first kappa shape index (κ1) is 17.9. The van der Waals surface area contributed by atoms with Crippen molar-refractivity contribution in [2.75, 3.05) is 31.1 Å².